The van der Waals surface area contributed by atoms with E-state index in [2.05, 4.69) is 0 Å². The molecule has 26 heavy (non-hydrogen) atoms. The first-order valence-electron chi connectivity index (χ1n) is 8.38. The van der Waals surface area contributed by atoms with Crippen LogP contribution in [0.3, 0.4) is 0 Å². The number of rotatable bonds is 5. The van der Waals surface area contributed by atoms with E-state index in [9.17, 15) is 9.59 Å². The van der Waals surface area contributed by atoms with Gasteiger partial charge in [0.25, 0.3) is 0 Å². The number of thioether (sulfide) groups is 1. The van der Waals surface area contributed by atoms with Gasteiger partial charge in [0.1, 0.15) is 17.1 Å². The minimum Gasteiger partial charge on any atom is -0.465 e. The second-order valence-corrected chi connectivity index (χ2v) is 7.34. The lowest BCUT2D eigenvalue weighted by atomic mass is 10.2. The lowest BCUT2D eigenvalue weighted by Crippen LogP contribution is -2.41. The molecule has 0 saturated carbocycles. The highest BCUT2D eigenvalue weighted by atomic mass is 32.2. The highest BCUT2D eigenvalue weighted by molar-refractivity contribution is 7.99. The first-order valence-corrected chi connectivity index (χ1v) is 9.36. The zero-order valence-corrected chi connectivity index (χ0v) is 16.0. The van der Waals surface area contributed by atoms with Crippen molar-refractivity contribution >= 4 is 29.3 Å². The molecule has 1 aliphatic heterocycles. The molecule has 0 saturated heterocycles. The molecule has 7 heteroatoms. The van der Waals surface area contributed by atoms with Gasteiger partial charge in [-0.3, -0.25) is 9.69 Å². The van der Waals surface area contributed by atoms with Crippen LogP contribution in [0.1, 0.15) is 21.9 Å². The van der Waals surface area contributed by atoms with Crippen molar-refractivity contribution in [2.45, 2.75) is 18.4 Å². The lowest BCUT2D eigenvalue weighted by Gasteiger charge is -2.30. The molecule has 0 radical (unpaired) electrons. The second kappa shape index (κ2) is 7.97. The quantitative estimate of drug-likeness (QED) is 0.750. The van der Waals surface area contributed by atoms with E-state index in [1.807, 2.05) is 41.1 Å². The fourth-order valence-electron chi connectivity index (χ4n) is 3.00. The van der Waals surface area contributed by atoms with Gasteiger partial charge in [0.15, 0.2) is 0 Å². The summed E-state index contributed by atoms with van der Waals surface area (Å²) in [6.07, 6.45) is 0. The average Bonchev–Trinajstić information content (AvgIpc) is 3.00. The van der Waals surface area contributed by atoms with Crippen molar-refractivity contribution in [2.75, 3.05) is 37.9 Å². The molecule has 1 aromatic heterocycles. The molecule has 1 amide bonds. The molecule has 1 aliphatic rings. The van der Waals surface area contributed by atoms with Crippen LogP contribution in [0.15, 0.2) is 39.6 Å². The maximum absolute atomic E-state index is 12.8. The van der Waals surface area contributed by atoms with Crippen molar-refractivity contribution in [1.29, 1.82) is 0 Å². The summed E-state index contributed by atoms with van der Waals surface area (Å²) in [6.45, 7) is 3.14. The van der Waals surface area contributed by atoms with Crippen LogP contribution in [-0.4, -0.2) is 49.8 Å². The van der Waals surface area contributed by atoms with Gasteiger partial charge in [0.2, 0.25) is 5.91 Å². The number of likely N-dealkylation sites (N-methyl/N-ethyl adjacent to an activating group) is 1. The number of methoxy groups -OCH3 is 1. The van der Waals surface area contributed by atoms with Crippen LogP contribution >= 0.6 is 11.8 Å². The number of fused-ring (bicyclic) bond motifs is 1. The molecule has 0 N–H and O–H groups in total. The van der Waals surface area contributed by atoms with Gasteiger partial charge < -0.3 is 14.1 Å². The Morgan fingerprint density at radius 3 is 2.88 bits per heavy atom. The minimum atomic E-state index is -0.418. The van der Waals surface area contributed by atoms with Crippen LogP contribution < -0.4 is 4.90 Å². The smallest absolute Gasteiger partial charge is 0.341 e. The van der Waals surface area contributed by atoms with Gasteiger partial charge >= 0.3 is 5.97 Å². The van der Waals surface area contributed by atoms with Crippen molar-refractivity contribution < 1.29 is 18.7 Å². The third kappa shape index (κ3) is 3.94. The Morgan fingerprint density at radius 2 is 2.12 bits per heavy atom. The van der Waals surface area contributed by atoms with Gasteiger partial charge in [-0.15, -0.1) is 11.8 Å². The number of hydrogen-bond acceptors (Lipinski definition) is 6. The maximum Gasteiger partial charge on any atom is 0.341 e. The molecule has 6 nitrogen and oxygen atoms in total. The Morgan fingerprint density at radius 1 is 1.35 bits per heavy atom. The largest absolute Gasteiger partial charge is 0.465 e. The SMILES string of the molecule is COC(=O)c1cc(CN(C)CC(=O)N2CCSc3ccccc32)oc1C. The van der Waals surface area contributed by atoms with Gasteiger partial charge in [0.05, 0.1) is 25.9 Å². The number of ether oxygens (including phenoxy) is 1. The zero-order chi connectivity index (χ0) is 18.7. The van der Waals surface area contributed by atoms with E-state index in [-0.39, 0.29) is 12.5 Å². The Bertz CT molecular complexity index is 818. The van der Waals surface area contributed by atoms with Gasteiger partial charge in [-0.2, -0.15) is 0 Å². The molecule has 1 aromatic carbocycles. The summed E-state index contributed by atoms with van der Waals surface area (Å²) in [6, 6.07) is 9.65. The number of carbonyl (C=O) groups excluding carboxylic acids is 2. The van der Waals surface area contributed by atoms with Crippen LogP contribution in [0.25, 0.3) is 0 Å². The van der Waals surface area contributed by atoms with E-state index in [0.717, 1.165) is 16.3 Å². The topological polar surface area (TPSA) is 63.0 Å². The number of aryl methyl sites for hydroxylation is 1. The Hall–Kier alpha value is -2.25. The molecule has 0 aliphatic carbocycles. The summed E-state index contributed by atoms with van der Waals surface area (Å²) in [4.78, 5) is 29.3. The second-order valence-electron chi connectivity index (χ2n) is 6.21. The van der Waals surface area contributed by atoms with Crippen molar-refractivity contribution in [3.63, 3.8) is 0 Å². The van der Waals surface area contributed by atoms with E-state index < -0.39 is 5.97 Å². The standard InChI is InChI=1S/C19H22N2O4S/c1-13-15(19(23)24-3)10-14(25-13)11-20(2)12-18(22)21-8-9-26-17-7-5-4-6-16(17)21/h4-7,10H,8-9,11-12H2,1-3H3. The fraction of sp³-hybridized carbons (Fsp3) is 0.368. The van der Waals surface area contributed by atoms with E-state index in [4.69, 9.17) is 9.15 Å². The molecule has 0 unspecified atom stereocenters. The summed E-state index contributed by atoms with van der Waals surface area (Å²) in [7, 11) is 3.20. The van der Waals surface area contributed by atoms with Crippen molar-refractivity contribution in [3.8, 4) is 0 Å². The molecule has 0 bridgehead atoms. The van der Waals surface area contributed by atoms with E-state index >= 15 is 0 Å². The number of para-hydroxylation sites is 1. The third-order valence-corrected chi connectivity index (χ3v) is 5.28. The molecule has 2 aromatic rings. The number of nitrogens with zero attached hydrogens (tertiary/aromatic N) is 2. The highest BCUT2D eigenvalue weighted by Gasteiger charge is 2.24. The average molecular weight is 374 g/mol. The van der Waals surface area contributed by atoms with Crippen LogP contribution in [0.4, 0.5) is 5.69 Å². The number of esters is 1. The molecular formula is C19H22N2O4S. The van der Waals surface area contributed by atoms with Gasteiger partial charge in [-0.1, -0.05) is 12.1 Å². The highest BCUT2D eigenvalue weighted by Crippen LogP contribution is 2.34. The predicted molar refractivity (Wildman–Crippen MR) is 101 cm³/mol. The number of carbonyl (C=O) groups is 2. The number of amides is 1. The molecule has 0 fully saturated rings. The lowest BCUT2D eigenvalue weighted by molar-refractivity contribution is -0.119. The predicted octanol–water partition coefficient (Wildman–Crippen LogP) is 2.95. The maximum atomic E-state index is 12.8. The van der Waals surface area contributed by atoms with Crippen molar-refractivity contribution in [1.82, 2.24) is 4.90 Å². The van der Waals surface area contributed by atoms with E-state index in [1.165, 1.54) is 7.11 Å². The summed E-state index contributed by atoms with van der Waals surface area (Å²) in [5.41, 5.74) is 1.40. The third-order valence-electron chi connectivity index (χ3n) is 4.23. The Kier molecular flexibility index (Phi) is 5.68. The van der Waals surface area contributed by atoms with Gasteiger partial charge in [0, 0.05) is 17.2 Å². The van der Waals surface area contributed by atoms with Crippen LogP contribution in [-0.2, 0) is 16.1 Å². The van der Waals surface area contributed by atoms with Gasteiger partial charge in [-0.05, 0) is 32.2 Å². The first-order chi connectivity index (χ1) is 12.5. The summed E-state index contributed by atoms with van der Waals surface area (Å²) in [5, 5.41) is 0. The Balaban J connectivity index is 1.65. The fourth-order valence-corrected chi connectivity index (χ4v) is 4.00. The first kappa shape index (κ1) is 18.5. The zero-order valence-electron chi connectivity index (χ0n) is 15.2. The summed E-state index contributed by atoms with van der Waals surface area (Å²) < 4.78 is 10.4. The molecule has 2 heterocycles. The van der Waals surface area contributed by atoms with Crippen LogP contribution in [0.5, 0.6) is 0 Å². The summed E-state index contributed by atoms with van der Waals surface area (Å²) in [5.74, 6) is 1.68. The van der Waals surface area contributed by atoms with Crippen LogP contribution in [0, 0.1) is 6.92 Å². The summed E-state index contributed by atoms with van der Waals surface area (Å²) >= 11 is 1.77. The number of hydrogen-bond donors (Lipinski definition) is 0. The minimum absolute atomic E-state index is 0.0525. The van der Waals surface area contributed by atoms with Crippen LogP contribution in [0.2, 0.25) is 0 Å². The number of benzene rings is 1. The van der Waals surface area contributed by atoms with Crippen molar-refractivity contribution in [2.24, 2.45) is 0 Å². The normalized spacial score (nSPS) is 13.6. The Labute approximate surface area is 157 Å². The molecule has 3 rings (SSSR count). The van der Waals surface area contributed by atoms with E-state index in [1.54, 1.807) is 24.8 Å². The molecule has 0 atom stereocenters. The van der Waals surface area contributed by atoms with E-state index in [0.29, 0.717) is 30.2 Å². The molecule has 138 valence electrons. The van der Waals surface area contributed by atoms with Gasteiger partial charge in [-0.25, -0.2) is 4.79 Å². The monoisotopic (exact) mass is 374 g/mol. The molecular weight excluding hydrogens is 352 g/mol. The number of furan rings is 1. The number of anilines is 1. The van der Waals surface area contributed by atoms with Crippen molar-refractivity contribution in [3.05, 3.63) is 47.4 Å². The molecule has 0 spiro atoms.